The predicted molar refractivity (Wildman–Crippen MR) is 91.3 cm³/mol. The molecule has 0 fully saturated rings. The molecule has 0 unspecified atom stereocenters. The van der Waals surface area contributed by atoms with Crippen molar-refractivity contribution in [1.29, 1.82) is 0 Å². The molecule has 2 aromatic rings. The highest BCUT2D eigenvalue weighted by Gasteiger charge is 2.33. The average Bonchev–Trinajstić information content (AvgIpc) is 2.52. The standard InChI is InChI=1S/C16H14BrF2NOS/c1-21-13-7-5-12(6-8-13)20-15(16(17,18)19)11-3-9-14(22-2)10-4-11/h3-10H,1-2H3. The molecule has 22 heavy (non-hydrogen) atoms. The number of rotatable bonds is 5. The summed E-state index contributed by atoms with van der Waals surface area (Å²) in [5, 5.41) is 0. The van der Waals surface area contributed by atoms with Crippen molar-refractivity contribution in [3.05, 3.63) is 54.1 Å². The fourth-order valence-corrected chi connectivity index (χ4v) is 2.55. The normalized spacial score (nSPS) is 12.3. The molecule has 0 aliphatic heterocycles. The molecule has 0 radical (unpaired) electrons. The van der Waals surface area contributed by atoms with E-state index in [9.17, 15) is 8.78 Å². The largest absolute Gasteiger partial charge is 0.497 e. The predicted octanol–water partition coefficient (Wildman–Crippen LogP) is 5.53. The molecular weight excluding hydrogens is 372 g/mol. The fourth-order valence-electron chi connectivity index (χ4n) is 1.83. The summed E-state index contributed by atoms with van der Waals surface area (Å²) in [6.45, 7) is 0. The third-order valence-electron chi connectivity index (χ3n) is 2.95. The maximum absolute atomic E-state index is 13.8. The van der Waals surface area contributed by atoms with Crippen molar-refractivity contribution in [2.24, 2.45) is 4.99 Å². The van der Waals surface area contributed by atoms with Crippen LogP contribution in [0, 0.1) is 0 Å². The Labute approximate surface area is 140 Å². The van der Waals surface area contributed by atoms with Gasteiger partial charge in [0.15, 0.2) is 0 Å². The van der Waals surface area contributed by atoms with Crippen molar-refractivity contribution in [3.8, 4) is 5.75 Å². The second-order valence-electron chi connectivity index (χ2n) is 4.38. The number of aliphatic imine (C=N–C) groups is 1. The molecule has 0 bridgehead atoms. The van der Waals surface area contributed by atoms with Gasteiger partial charge in [-0.25, -0.2) is 4.99 Å². The molecule has 0 N–H and O–H groups in total. The number of hydrogen-bond donors (Lipinski definition) is 0. The quantitative estimate of drug-likeness (QED) is 0.383. The van der Waals surface area contributed by atoms with Crippen molar-refractivity contribution in [3.63, 3.8) is 0 Å². The number of halogens is 3. The summed E-state index contributed by atoms with van der Waals surface area (Å²) in [5.41, 5.74) is 0.477. The monoisotopic (exact) mass is 385 g/mol. The highest BCUT2D eigenvalue weighted by Crippen LogP contribution is 2.31. The second-order valence-corrected chi connectivity index (χ2v) is 6.26. The van der Waals surface area contributed by atoms with Crippen molar-refractivity contribution < 1.29 is 13.5 Å². The zero-order chi connectivity index (χ0) is 16.2. The first kappa shape index (κ1) is 17.0. The summed E-state index contributed by atoms with van der Waals surface area (Å²) in [7, 11) is 1.55. The van der Waals surface area contributed by atoms with Crippen LogP contribution >= 0.6 is 27.7 Å². The maximum atomic E-state index is 13.8. The van der Waals surface area contributed by atoms with Crippen LogP contribution in [0.2, 0.25) is 0 Å². The van der Waals surface area contributed by atoms with Gasteiger partial charge in [0.1, 0.15) is 11.5 Å². The van der Waals surface area contributed by atoms with Gasteiger partial charge in [0.05, 0.1) is 12.8 Å². The van der Waals surface area contributed by atoms with E-state index >= 15 is 0 Å². The minimum absolute atomic E-state index is 0.328. The van der Waals surface area contributed by atoms with Gasteiger partial charge in [-0.3, -0.25) is 0 Å². The first-order valence-corrected chi connectivity index (χ1v) is 8.40. The Morgan fingerprint density at radius 2 is 1.68 bits per heavy atom. The van der Waals surface area contributed by atoms with E-state index in [-0.39, 0.29) is 5.71 Å². The third-order valence-corrected chi connectivity index (χ3v) is 4.06. The molecule has 0 aromatic heterocycles. The lowest BCUT2D eigenvalue weighted by atomic mass is 10.1. The van der Waals surface area contributed by atoms with Crippen molar-refractivity contribution in [1.82, 2.24) is 0 Å². The lowest BCUT2D eigenvalue weighted by Gasteiger charge is -2.13. The first-order chi connectivity index (χ1) is 10.4. The van der Waals surface area contributed by atoms with Gasteiger partial charge in [-0.1, -0.05) is 12.1 Å². The van der Waals surface area contributed by atoms with Crippen LogP contribution in [0.5, 0.6) is 5.75 Å². The average molecular weight is 386 g/mol. The van der Waals surface area contributed by atoms with Crippen LogP contribution in [0.15, 0.2) is 58.4 Å². The Morgan fingerprint density at radius 1 is 1.09 bits per heavy atom. The zero-order valence-corrected chi connectivity index (χ0v) is 14.4. The van der Waals surface area contributed by atoms with E-state index in [0.29, 0.717) is 17.0 Å². The summed E-state index contributed by atoms with van der Waals surface area (Å²) in [6, 6.07) is 13.5. The molecule has 2 aromatic carbocycles. The second kappa shape index (κ2) is 7.24. The van der Waals surface area contributed by atoms with Crippen LogP contribution < -0.4 is 4.74 Å². The smallest absolute Gasteiger partial charge is 0.343 e. The van der Waals surface area contributed by atoms with Gasteiger partial charge in [0, 0.05) is 10.5 Å². The van der Waals surface area contributed by atoms with Gasteiger partial charge >= 0.3 is 4.83 Å². The summed E-state index contributed by atoms with van der Waals surface area (Å²) < 4.78 is 32.7. The molecule has 0 saturated carbocycles. The van der Waals surface area contributed by atoms with Crippen LogP contribution in [-0.4, -0.2) is 23.9 Å². The number of methoxy groups -OCH3 is 1. The highest BCUT2D eigenvalue weighted by atomic mass is 79.9. The minimum atomic E-state index is -3.21. The van der Waals surface area contributed by atoms with Gasteiger partial charge in [-0.05, 0) is 58.6 Å². The third kappa shape index (κ3) is 4.30. The van der Waals surface area contributed by atoms with E-state index < -0.39 is 4.83 Å². The van der Waals surface area contributed by atoms with Gasteiger partial charge in [0.2, 0.25) is 0 Å². The summed E-state index contributed by atoms with van der Waals surface area (Å²) in [5.74, 6) is 0.649. The minimum Gasteiger partial charge on any atom is -0.497 e. The van der Waals surface area contributed by atoms with Gasteiger partial charge < -0.3 is 4.74 Å². The Balaban J connectivity index is 2.42. The van der Waals surface area contributed by atoms with Gasteiger partial charge in [-0.2, -0.15) is 8.78 Å². The lowest BCUT2D eigenvalue weighted by Crippen LogP contribution is -2.21. The number of nitrogens with zero attached hydrogens (tertiary/aromatic N) is 1. The number of hydrogen-bond acceptors (Lipinski definition) is 3. The molecule has 0 saturated heterocycles. The Kier molecular flexibility index (Phi) is 5.58. The lowest BCUT2D eigenvalue weighted by molar-refractivity contribution is 0.194. The summed E-state index contributed by atoms with van der Waals surface area (Å²) in [4.78, 5) is 1.88. The van der Waals surface area contributed by atoms with E-state index in [0.717, 1.165) is 4.90 Å². The molecule has 2 nitrogen and oxygen atoms in total. The van der Waals surface area contributed by atoms with E-state index in [4.69, 9.17) is 4.74 Å². The molecule has 0 amide bonds. The number of ether oxygens (including phenoxy) is 1. The Hall–Kier alpha value is -1.40. The molecule has 0 aliphatic rings. The molecule has 0 spiro atoms. The van der Waals surface area contributed by atoms with Crippen LogP contribution in [-0.2, 0) is 0 Å². The van der Waals surface area contributed by atoms with Gasteiger partial charge in [0.25, 0.3) is 0 Å². The Morgan fingerprint density at radius 3 is 2.14 bits per heavy atom. The van der Waals surface area contributed by atoms with E-state index in [1.54, 1.807) is 67.4 Å². The van der Waals surface area contributed by atoms with Gasteiger partial charge in [-0.15, -0.1) is 11.8 Å². The van der Waals surface area contributed by atoms with E-state index in [2.05, 4.69) is 20.9 Å². The van der Waals surface area contributed by atoms with Crippen LogP contribution in [0.1, 0.15) is 5.56 Å². The van der Waals surface area contributed by atoms with Crippen LogP contribution in [0.3, 0.4) is 0 Å². The summed E-state index contributed by atoms with van der Waals surface area (Å²) in [6.07, 6.45) is 1.93. The van der Waals surface area contributed by atoms with E-state index in [1.807, 2.05) is 6.26 Å². The number of alkyl halides is 3. The number of benzene rings is 2. The number of thioether (sulfide) groups is 1. The fraction of sp³-hybridized carbons (Fsp3) is 0.188. The van der Waals surface area contributed by atoms with Crippen LogP contribution in [0.25, 0.3) is 0 Å². The molecular formula is C16H14BrF2NOS. The maximum Gasteiger partial charge on any atom is 0.343 e. The highest BCUT2D eigenvalue weighted by molar-refractivity contribution is 9.10. The molecule has 0 heterocycles. The van der Waals surface area contributed by atoms with Crippen molar-refractivity contribution in [2.45, 2.75) is 9.73 Å². The topological polar surface area (TPSA) is 21.6 Å². The first-order valence-electron chi connectivity index (χ1n) is 6.38. The zero-order valence-electron chi connectivity index (χ0n) is 12.0. The molecule has 0 aliphatic carbocycles. The van der Waals surface area contributed by atoms with Crippen molar-refractivity contribution in [2.75, 3.05) is 13.4 Å². The summed E-state index contributed by atoms with van der Waals surface area (Å²) >= 11 is 3.96. The molecule has 116 valence electrons. The van der Waals surface area contributed by atoms with Crippen LogP contribution in [0.4, 0.5) is 14.5 Å². The molecule has 0 atom stereocenters. The van der Waals surface area contributed by atoms with E-state index in [1.165, 1.54) is 0 Å². The molecule has 2 rings (SSSR count). The van der Waals surface area contributed by atoms with Crippen molar-refractivity contribution >= 4 is 39.1 Å². The SMILES string of the molecule is COc1ccc(N=C(c2ccc(SC)cc2)C(F)(F)Br)cc1. The Bertz CT molecular complexity index is 651. The molecule has 6 heteroatoms.